The van der Waals surface area contributed by atoms with Gasteiger partial charge < -0.3 is 4.84 Å². The van der Waals surface area contributed by atoms with Gasteiger partial charge in [-0.05, 0) is 37.0 Å². The minimum Gasteiger partial charge on any atom is -0.318 e. The highest BCUT2D eigenvalue weighted by molar-refractivity contribution is 6.15. The highest BCUT2D eigenvalue weighted by Gasteiger charge is 2.30. The van der Waals surface area contributed by atoms with Gasteiger partial charge in [-0.15, -0.1) is 0 Å². The van der Waals surface area contributed by atoms with Crippen molar-refractivity contribution >= 4 is 11.7 Å². The van der Waals surface area contributed by atoms with Gasteiger partial charge in [-0.2, -0.15) is 13.2 Å². The topological polar surface area (TPSA) is 38.7 Å². The van der Waals surface area contributed by atoms with E-state index < -0.39 is 17.7 Å². The van der Waals surface area contributed by atoms with Gasteiger partial charge in [-0.3, -0.25) is 0 Å². The molecule has 0 saturated heterocycles. The maximum absolute atomic E-state index is 12.7. The highest BCUT2D eigenvalue weighted by atomic mass is 19.4. The van der Waals surface area contributed by atoms with Gasteiger partial charge in [0.05, 0.1) is 12.0 Å². The monoisotopic (exact) mass is 321 g/mol. The predicted molar refractivity (Wildman–Crippen MR) is 78.7 cm³/mol. The molecule has 0 saturated carbocycles. The summed E-state index contributed by atoms with van der Waals surface area (Å²) >= 11 is 0. The lowest BCUT2D eigenvalue weighted by molar-refractivity contribution is -0.143. The molecule has 0 atom stereocenters. The summed E-state index contributed by atoms with van der Waals surface area (Å²) in [7, 11) is 0. The maximum atomic E-state index is 12.7. The van der Waals surface area contributed by atoms with Crippen molar-refractivity contribution in [2.45, 2.75) is 31.9 Å². The molecule has 3 rings (SSSR count). The molecule has 1 aromatic carbocycles. The summed E-state index contributed by atoms with van der Waals surface area (Å²) in [4.78, 5) is 16.4. The standard InChI is InChI=1S/C17H14F3NO2/c18-17(19,20)13-8-5-12(6-9-13)16-14-4-2-1-3-11(14)7-10-15(22)23-21-16/h3-6,8-9H,1-2,7,10H2. The van der Waals surface area contributed by atoms with Crippen LogP contribution in [0.4, 0.5) is 13.2 Å². The van der Waals surface area contributed by atoms with Crippen LogP contribution in [0.15, 0.2) is 52.7 Å². The van der Waals surface area contributed by atoms with Crippen molar-refractivity contribution in [3.63, 3.8) is 0 Å². The van der Waals surface area contributed by atoms with Crippen molar-refractivity contribution in [2.75, 3.05) is 0 Å². The summed E-state index contributed by atoms with van der Waals surface area (Å²) in [6.45, 7) is 0. The molecule has 2 aliphatic rings. The van der Waals surface area contributed by atoms with E-state index in [0.717, 1.165) is 36.1 Å². The molecule has 120 valence electrons. The van der Waals surface area contributed by atoms with Gasteiger partial charge in [0.1, 0.15) is 5.71 Å². The van der Waals surface area contributed by atoms with Crippen molar-refractivity contribution in [1.29, 1.82) is 0 Å². The molecule has 0 unspecified atom stereocenters. The van der Waals surface area contributed by atoms with Crippen LogP contribution in [0.2, 0.25) is 0 Å². The zero-order valence-electron chi connectivity index (χ0n) is 12.2. The van der Waals surface area contributed by atoms with Gasteiger partial charge in [0.25, 0.3) is 0 Å². The molecule has 1 aliphatic carbocycles. The minimum absolute atomic E-state index is 0.243. The summed E-state index contributed by atoms with van der Waals surface area (Å²) in [6.07, 6.45) is 2.15. The van der Waals surface area contributed by atoms with E-state index >= 15 is 0 Å². The molecule has 1 aliphatic heterocycles. The molecule has 0 amide bonds. The number of carbonyl (C=O) groups is 1. The van der Waals surface area contributed by atoms with Crippen molar-refractivity contribution in [1.82, 2.24) is 0 Å². The fraction of sp³-hybridized carbons (Fsp3) is 0.294. The summed E-state index contributed by atoms with van der Waals surface area (Å²) in [5.74, 6) is -0.445. The number of hydrogen-bond acceptors (Lipinski definition) is 3. The summed E-state index contributed by atoms with van der Waals surface area (Å²) < 4.78 is 38.0. The predicted octanol–water partition coefficient (Wildman–Crippen LogP) is 4.39. The number of hydrogen-bond donors (Lipinski definition) is 0. The maximum Gasteiger partial charge on any atom is 0.416 e. The van der Waals surface area contributed by atoms with E-state index in [-0.39, 0.29) is 6.42 Å². The van der Waals surface area contributed by atoms with Crippen LogP contribution in [-0.4, -0.2) is 11.7 Å². The third-order valence-corrected chi connectivity index (χ3v) is 3.83. The largest absolute Gasteiger partial charge is 0.416 e. The second-order valence-corrected chi connectivity index (χ2v) is 5.40. The molecule has 3 nitrogen and oxygen atoms in total. The Bertz CT molecular complexity index is 712. The lowest BCUT2D eigenvalue weighted by Crippen LogP contribution is -2.16. The number of allylic oxidation sites excluding steroid dienone is 4. The fourth-order valence-electron chi connectivity index (χ4n) is 2.67. The average molecular weight is 321 g/mol. The van der Waals surface area contributed by atoms with Crippen LogP contribution in [0, 0.1) is 0 Å². The lowest BCUT2D eigenvalue weighted by atomic mass is 9.88. The molecule has 0 spiro atoms. The number of halogens is 3. The highest BCUT2D eigenvalue weighted by Crippen LogP contribution is 2.32. The SMILES string of the molecule is O=C1CCC2=CCCC=C2C(c2ccc(C(F)(F)F)cc2)=NO1. The number of rotatable bonds is 1. The number of alkyl halides is 3. The van der Waals surface area contributed by atoms with Crippen LogP contribution in [-0.2, 0) is 15.8 Å². The molecular weight excluding hydrogens is 307 g/mol. The van der Waals surface area contributed by atoms with Gasteiger partial charge in [0.15, 0.2) is 0 Å². The summed E-state index contributed by atoms with van der Waals surface area (Å²) in [5.41, 5.74) is 2.00. The van der Waals surface area contributed by atoms with E-state index in [1.807, 2.05) is 12.2 Å². The van der Waals surface area contributed by atoms with Gasteiger partial charge in [-0.25, -0.2) is 4.79 Å². The van der Waals surface area contributed by atoms with Crippen molar-refractivity contribution < 1.29 is 22.8 Å². The van der Waals surface area contributed by atoms with Crippen molar-refractivity contribution in [3.05, 3.63) is 58.7 Å². The molecule has 0 radical (unpaired) electrons. The fourth-order valence-corrected chi connectivity index (χ4v) is 2.67. The van der Waals surface area contributed by atoms with Gasteiger partial charge in [0, 0.05) is 11.1 Å². The summed E-state index contributed by atoms with van der Waals surface area (Å²) in [5, 5.41) is 3.89. The molecule has 1 heterocycles. The lowest BCUT2D eigenvalue weighted by Gasteiger charge is -2.20. The van der Waals surface area contributed by atoms with E-state index in [4.69, 9.17) is 4.84 Å². The number of fused-ring (bicyclic) bond motifs is 1. The van der Waals surface area contributed by atoms with Crippen LogP contribution in [0.3, 0.4) is 0 Å². The van der Waals surface area contributed by atoms with E-state index in [1.54, 1.807) is 0 Å². The first-order chi connectivity index (χ1) is 10.9. The van der Waals surface area contributed by atoms with Gasteiger partial charge in [0.2, 0.25) is 0 Å². The number of benzene rings is 1. The molecule has 0 bridgehead atoms. The second-order valence-electron chi connectivity index (χ2n) is 5.40. The van der Waals surface area contributed by atoms with Crippen molar-refractivity contribution in [3.8, 4) is 0 Å². The molecule has 23 heavy (non-hydrogen) atoms. The van der Waals surface area contributed by atoms with E-state index in [1.165, 1.54) is 12.1 Å². The smallest absolute Gasteiger partial charge is 0.318 e. The Labute approximate surface area is 131 Å². The quantitative estimate of drug-likeness (QED) is 0.719. The Balaban J connectivity index is 2.01. The molecule has 1 aromatic rings. The first kappa shape index (κ1) is 15.5. The van der Waals surface area contributed by atoms with E-state index in [2.05, 4.69) is 5.16 Å². The Morgan fingerprint density at radius 1 is 1.00 bits per heavy atom. The first-order valence-electron chi connectivity index (χ1n) is 7.30. The Kier molecular flexibility index (Phi) is 4.07. The van der Waals surface area contributed by atoms with Crippen LogP contribution in [0.5, 0.6) is 0 Å². The first-order valence-corrected chi connectivity index (χ1v) is 7.30. The molecule has 0 fully saturated rings. The summed E-state index contributed by atoms with van der Waals surface area (Å²) in [6, 6.07) is 4.71. The van der Waals surface area contributed by atoms with Crippen LogP contribution >= 0.6 is 0 Å². The average Bonchev–Trinajstić information content (AvgIpc) is 2.52. The van der Waals surface area contributed by atoms with Crippen LogP contribution < -0.4 is 0 Å². The Morgan fingerprint density at radius 3 is 2.39 bits per heavy atom. The Hall–Kier alpha value is -2.37. The van der Waals surface area contributed by atoms with Gasteiger partial charge >= 0.3 is 12.1 Å². The molecular formula is C17H14F3NO2. The molecule has 0 N–H and O–H groups in total. The third-order valence-electron chi connectivity index (χ3n) is 3.83. The Morgan fingerprint density at radius 2 is 1.70 bits per heavy atom. The van der Waals surface area contributed by atoms with E-state index in [9.17, 15) is 18.0 Å². The zero-order valence-corrected chi connectivity index (χ0v) is 12.2. The third kappa shape index (κ3) is 3.36. The zero-order chi connectivity index (χ0) is 16.4. The number of carbonyl (C=O) groups excluding carboxylic acids is 1. The normalized spacial score (nSPS) is 18.7. The minimum atomic E-state index is -4.39. The number of oxime groups is 1. The van der Waals surface area contributed by atoms with Crippen molar-refractivity contribution in [2.24, 2.45) is 5.16 Å². The van der Waals surface area contributed by atoms with Crippen LogP contribution in [0.25, 0.3) is 0 Å². The van der Waals surface area contributed by atoms with Gasteiger partial charge in [-0.1, -0.05) is 29.4 Å². The van der Waals surface area contributed by atoms with E-state index in [0.29, 0.717) is 17.7 Å². The molecule has 0 aromatic heterocycles. The van der Waals surface area contributed by atoms with Crippen LogP contribution in [0.1, 0.15) is 36.8 Å². The molecule has 6 heteroatoms. The number of nitrogens with zero attached hydrogens (tertiary/aromatic N) is 1. The second kappa shape index (κ2) is 6.02.